The highest BCUT2D eigenvalue weighted by atomic mass is 16.5. The molecular weight excluding hydrogens is 366 g/mol. The Morgan fingerprint density at radius 2 is 1.90 bits per heavy atom. The van der Waals surface area contributed by atoms with Crippen LogP contribution in [0.5, 0.6) is 0 Å². The maximum Gasteiger partial charge on any atom is 0.274 e. The second kappa shape index (κ2) is 8.31. The van der Waals surface area contributed by atoms with Gasteiger partial charge in [-0.2, -0.15) is 0 Å². The van der Waals surface area contributed by atoms with Gasteiger partial charge in [-0.05, 0) is 31.4 Å². The van der Waals surface area contributed by atoms with E-state index in [1.165, 1.54) is 0 Å². The number of rotatable bonds is 7. The number of aromatic nitrogens is 1. The van der Waals surface area contributed by atoms with Gasteiger partial charge in [-0.25, -0.2) is 0 Å². The summed E-state index contributed by atoms with van der Waals surface area (Å²) in [6.45, 7) is 1.99. The van der Waals surface area contributed by atoms with Gasteiger partial charge >= 0.3 is 0 Å². The minimum Gasteiger partial charge on any atom is -0.355 e. The molecule has 0 aliphatic heterocycles. The van der Waals surface area contributed by atoms with Crippen LogP contribution in [0.15, 0.2) is 65.2 Å². The van der Waals surface area contributed by atoms with E-state index in [9.17, 15) is 9.59 Å². The molecule has 1 aliphatic rings. The van der Waals surface area contributed by atoms with Crippen LogP contribution in [0.4, 0.5) is 0 Å². The van der Waals surface area contributed by atoms with Crippen molar-refractivity contribution in [3.05, 3.63) is 77.5 Å². The third-order valence-electron chi connectivity index (χ3n) is 4.87. The molecule has 1 atom stereocenters. The van der Waals surface area contributed by atoms with Gasteiger partial charge in [-0.15, -0.1) is 0 Å². The Morgan fingerprint density at radius 1 is 1.10 bits per heavy atom. The second-order valence-corrected chi connectivity index (χ2v) is 7.44. The lowest BCUT2D eigenvalue weighted by Gasteiger charge is -2.18. The fraction of sp³-hybridized carbons (Fsp3) is 0.261. The SMILES string of the molecule is Cc1cccc(-c2cc(C(=O)NC(Cc3ccccc3)C(=O)NC3CC3)no2)c1. The maximum atomic E-state index is 12.7. The van der Waals surface area contributed by atoms with Gasteiger partial charge in [0.25, 0.3) is 5.91 Å². The monoisotopic (exact) mass is 389 g/mol. The average molecular weight is 389 g/mol. The molecule has 148 valence electrons. The molecule has 2 aromatic carbocycles. The smallest absolute Gasteiger partial charge is 0.274 e. The first kappa shape index (κ1) is 18.9. The molecule has 3 aromatic rings. The normalized spacial score (nSPS) is 14.2. The predicted molar refractivity (Wildman–Crippen MR) is 109 cm³/mol. The first-order chi connectivity index (χ1) is 14.1. The quantitative estimate of drug-likeness (QED) is 0.650. The van der Waals surface area contributed by atoms with Crippen LogP contribution in [-0.4, -0.2) is 29.1 Å². The minimum absolute atomic E-state index is 0.152. The molecule has 1 aromatic heterocycles. The zero-order valence-corrected chi connectivity index (χ0v) is 16.2. The topological polar surface area (TPSA) is 84.2 Å². The lowest BCUT2D eigenvalue weighted by molar-refractivity contribution is -0.123. The minimum atomic E-state index is -0.676. The maximum absolute atomic E-state index is 12.7. The molecule has 1 heterocycles. The molecule has 0 radical (unpaired) electrons. The van der Waals surface area contributed by atoms with Gasteiger partial charge in [-0.1, -0.05) is 59.3 Å². The van der Waals surface area contributed by atoms with Crippen LogP contribution in [-0.2, 0) is 11.2 Å². The molecule has 2 amide bonds. The lowest BCUT2D eigenvalue weighted by Crippen LogP contribution is -2.48. The summed E-state index contributed by atoms with van der Waals surface area (Å²) in [5, 5.41) is 9.68. The summed E-state index contributed by atoms with van der Waals surface area (Å²) in [5.74, 6) is -0.0903. The van der Waals surface area contributed by atoms with Crippen molar-refractivity contribution in [2.75, 3.05) is 0 Å². The molecule has 1 fully saturated rings. The number of aryl methyl sites for hydroxylation is 1. The van der Waals surface area contributed by atoms with Gasteiger partial charge in [-0.3, -0.25) is 9.59 Å². The third-order valence-corrected chi connectivity index (χ3v) is 4.87. The Morgan fingerprint density at radius 3 is 2.62 bits per heavy atom. The van der Waals surface area contributed by atoms with Crippen LogP contribution in [0.25, 0.3) is 11.3 Å². The first-order valence-corrected chi connectivity index (χ1v) is 9.77. The summed E-state index contributed by atoms with van der Waals surface area (Å²) in [7, 11) is 0. The van der Waals surface area contributed by atoms with E-state index < -0.39 is 11.9 Å². The van der Waals surface area contributed by atoms with Gasteiger partial charge in [0.2, 0.25) is 5.91 Å². The molecule has 0 bridgehead atoms. The molecule has 1 aliphatic carbocycles. The van der Waals surface area contributed by atoms with E-state index >= 15 is 0 Å². The number of hydrogen-bond donors (Lipinski definition) is 2. The largest absolute Gasteiger partial charge is 0.355 e. The molecule has 29 heavy (non-hydrogen) atoms. The van der Waals surface area contributed by atoms with Crippen molar-refractivity contribution >= 4 is 11.8 Å². The lowest BCUT2D eigenvalue weighted by atomic mass is 10.0. The fourth-order valence-electron chi connectivity index (χ4n) is 3.14. The highest BCUT2D eigenvalue weighted by Crippen LogP contribution is 2.22. The average Bonchev–Trinajstić information content (AvgIpc) is 3.39. The van der Waals surface area contributed by atoms with Crippen molar-refractivity contribution in [2.24, 2.45) is 0 Å². The van der Waals surface area contributed by atoms with Crippen molar-refractivity contribution in [3.63, 3.8) is 0 Å². The summed E-state index contributed by atoms with van der Waals surface area (Å²) >= 11 is 0. The van der Waals surface area contributed by atoms with Gasteiger partial charge < -0.3 is 15.2 Å². The zero-order chi connectivity index (χ0) is 20.2. The standard InChI is InChI=1S/C23H23N3O3/c1-15-6-5-9-17(12-15)21-14-20(26-29-21)23(28)25-19(22(27)24-18-10-11-18)13-16-7-3-2-4-8-16/h2-9,12,14,18-19H,10-11,13H2,1H3,(H,24,27)(H,25,28). The van der Waals surface area contributed by atoms with Crippen LogP contribution in [0.3, 0.4) is 0 Å². The van der Waals surface area contributed by atoms with Crippen LogP contribution in [0.1, 0.15) is 34.5 Å². The summed E-state index contributed by atoms with van der Waals surface area (Å²) in [6, 6.07) is 18.5. The van der Waals surface area contributed by atoms with E-state index in [1.54, 1.807) is 6.07 Å². The van der Waals surface area contributed by atoms with Crippen molar-refractivity contribution in [2.45, 2.75) is 38.3 Å². The van der Waals surface area contributed by atoms with E-state index in [-0.39, 0.29) is 17.6 Å². The molecule has 1 unspecified atom stereocenters. The van der Waals surface area contributed by atoms with Gasteiger partial charge in [0, 0.05) is 24.1 Å². The summed E-state index contributed by atoms with van der Waals surface area (Å²) in [4.78, 5) is 25.4. The molecule has 6 nitrogen and oxygen atoms in total. The van der Waals surface area contributed by atoms with Crippen molar-refractivity contribution in [1.29, 1.82) is 0 Å². The summed E-state index contributed by atoms with van der Waals surface area (Å²) in [6.07, 6.45) is 2.38. The number of nitrogens with zero attached hydrogens (tertiary/aromatic N) is 1. The van der Waals surface area contributed by atoms with Crippen LogP contribution < -0.4 is 10.6 Å². The van der Waals surface area contributed by atoms with E-state index in [2.05, 4.69) is 15.8 Å². The second-order valence-electron chi connectivity index (χ2n) is 7.44. The fourth-order valence-corrected chi connectivity index (χ4v) is 3.14. The van der Waals surface area contributed by atoms with Gasteiger partial charge in [0.1, 0.15) is 6.04 Å². The van der Waals surface area contributed by atoms with Crippen molar-refractivity contribution in [1.82, 2.24) is 15.8 Å². The Labute approximate surface area is 169 Å². The van der Waals surface area contributed by atoms with Crippen molar-refractivity contribution < 1.29 is 14.1 Å². The van der Waals surface area contributed by atoms with E-state index in [0.717, 1.165) is 29.5 Å². The highest BCUT2D eigenvalue weighted by molar-refractivity contribution is 5.96. The number of amides is 2. The predicted octanol–water partition coefficient (Wildman–Crippen LogP) is 3.27. The molecule has 0 saturated heterocycles. The molecule has 2 N–H and O–H groups in total. The Kier molecular flexibility index (Phi) is 5.42. The number of carbonyl (C=O) groups is 2. The Balaban J connectivity index is 1.49. The highest BCUT2D eigenvalue weighted by Gasteiger charge is 2.29. The van der Waals surface area contributed by atoms with Crippen molar-refractivity contribution in [3.8, 4) is 11.3 Å². The summed E-state index contributed by atoms with van der Waals surface area (Å²) in [5.41, 5.74) is 3.07. The number of nitrogens with one attached hydrogen (secondary N) is 2. The zero-order valence-electron chi connectivity index (χ0n) is 16.2. The van der Waals surface area contributed by atoms with Gasteiger partial charge in [0.15, 0.2) is 11.5 Å². The van der Waals surface area contributed by atoms with E-state index in [4.69, 9.17) is 4.52 Å². The number of benzene rings is 2. The summed E-state index contributed by atoms with van der Waals surface area (Å²) < 4.78 is 5.35. The van der Waals surface area contributed by atoms with E-state index in [1.807, 2.05) is 61.5 Å². The Hall–Kier alpha value is -3.41. The third kappa shape index (κ3) is 4.90. The van der Waals surface area contributed by atoms with E-state index in [0.29, 0.717) is 12.2 Å². The number of carbonyl (C=O) groups excluding carboxylic acids is 2. The van der Waals surface area contributed by atoms with Crippen LogP contribution >= 0.6 is 0 Å². The number of hydrogen-bond acceptors (Lipinski definition) is 4. The molecule has 6 heteroatoms. The molecule has 4 rings (SSSR count). The molecule has 1 saturated carbocycles. The van der Waals surface area contributed by atoms with Crippen LogP contribution in [0.2, 0.25) is 0 Å². The first-order valence-electron chi connectivity index (χ1n) is 9.77. The molecule has 0 spiro atoms. The molecular formula is C23H23N3O3. The van der Waals surface area contributed by atoms with Gasteiger partial charge in [0.05, 0.1) is 0 Å². The Bertz CT molecular complexity index is 1010. The van der Waals surface area contributed by atoms with Crippen LogP contribution in [0, 0.1) is 6.92 Å².